The summed E-state index contributed by atoms with van der Waals surface area (Å²) in [6.45, 7) is 11.2. The number of carbonyl (C=O) groups excluding carboxylic acids is 1. The summed E-state index contributed by atoms with van der Waals surface area (Å²) in [5, 5.41) is 3.53. The number of anilines is 2. The van der Waals surface area contributed by atoms with E-state index in [4.69, 9.17) is 11.6 Å². The Kier molecular flexibility index (Phi) is 17.7. The summed E-state index contributed by atoms with van der Waals surface area (Å²) in [7, 11) is -3.52. The molecule has 1 aliphatic rings. The van der Waals surface area contributed by atoms with Crippen molar-refractivity contribution in [1.29, 1.82) is 0 Å². The fraction of sp³-hybridized carbons (Fsp3) is 0.311. The van der Waals surface area contributed by atoms with Crippen LogP contribution in [0.25, 0.3) is 11.1 Å². The van der Waals surface area contributed by atoms with E-state index in [1.807, 2.05) is 72.8 Å². The summed E-state index contributed by atoms with van der Waals surface area (Å²) in [6.07, 6.45) is 1.27. The Balaban J connectivity index is 0.000000896. The molecule has 60 heavy (non-hydrogen) atoms. The molecule has 320 valence electrons. The molecule has 6 rings (SSSR count). The number of nitrogens with one attached hydrogen (secondary N) is 2. The van der Waals surface area contributed by atoms with E-state index in [1.54, 1.807) is 12.1 Å². The molecule has 5 aromatic rings. The van der Waals surface area contributed by atoms with Gasteiger partial charge in [0.1, 0.15) is 4.90 Å². The molecule has 0 unspecified atom stereocenters. The molecule has 1 amide bonds. The van der Waals surface area contributed by atoms with Crippen LogP contribution in [0.4, 0.5) is 24.5 Å². The van der Waals surface area contributed by atoms with Gasteiger partial charge in [-0.05, 0) is 122 Å². The number of hydrogen-bond acceptors (Lipinski definition) is 9. The Morgan fingerprint density at radius 1 is 0.833 bits per heavy atom. The largest absolute Gasteiger partial charge is 0.501 e. The number of benzene rings is 5. The minimum atomic E-state index is -5.67. The minimum absolute atomic E-state index is 0.135. The molecular weight excluding hydrogens is 847 g/mol. The van der Waals surface area contributed by atoms with Gasteiger partial charge in [0.15, 0.2) is 0 Å². The molecule has 8 nitrogen and oxygen atoms in total. The van der Waals surface area contributed by atoms with E-state index in [9.17, 15) is 26.4 Å². The number of sulfone groups is 1. The first kappa shape index (κ1) is 46.9. The van der Waals surface area contributed by atoms with Gasteiger partial charge in [-0.15, -0.1) is 11.8 Å². The monoisotopic (exact) mass is 897 g/mol. The van der Waals surface area contributed by atoms with Crippen LogP contribution in [-0.4, -0.2) is 88.2 Å². The normalized spacial score (nSPS) is 13.4. The zero-order valence-corrected chi connectivity index (χ0v) is 37.1. The van der Waals surface area contributed by atoms with E-state index in [2.05, 4.69) is 63.8 Å². The quantitative estimate of drug-likeness (QED) is 0.0571. The van der Waals surface area contributed by atoms with E-state index >= 15 is 0 Å². The molecule has 0 radical (unpaired) electrons. The van der Waals surface area contributed by atoms with Gasteiger partial charge in [0.05, 0.1) is 5.69 Å². The van der Waals surface area contributed by atoms with E-state index in [0.29, 0.717) is 16.3 Å². The molecule has 0 spiro atoms. The molecule has 0 aromatic heterocycles. The zero-order chi connectivity index (χ0) is 43.1. The van der Waals surface area contributed by atoms with Crippen molar-refractivity contribution in [3.05, 3.63) is 137 Å². The number of alkyl halides is 3. The average Bonchev–Trinajstić information content (AvgIpc) is 3.25. The maximum Gasteiger partial charge on any atom is 0.501 e. The van der Waals surface area contributed by atoms with Crippen LogP contribution in [0.2, 0.25) is 5.02 Å². The lowest BCUT2D eigenvalue weighted by Crippen LogP contribution is -2.46. The van der Waals surface area contributed by atoms with Gasteiger partial charge in [0, 0.05) is 71.1 Å². The summed E-state index contributed by atoms with van der Waals surface area (Å²) >= 11 is 8.33. The molecule has 2 N–H and O–H groups in total. The van der Waals surface area contributed by atoms with Gasteiger partial charge in [-0.25, -0.2) is 8.42 Å². The van der Waals surface area contributed by atoms with Gasteiger partial charge in [0.2, 0.25) is 0 Å². The van der Waals surface area contributed by atoms with E-state index in [-0.39, 0.29) is 17.1 Å². The third-order valence-electron chi connectivity index (χ3n) is 9.82. The zero-order valence-electron chi connectivity index (χ0n) is 33.9. The van der Waals surface area contributed by atoms with Crippen molar-refractivity contribution in [2.24, 2.45) is 0 Å². The number of halogens is 4. The molecule has 0 bridgehead atoms. The summed E-state index contributed by atoms with van der Waals surface area (Å²) < 4.78 is 68.5. The van der Waals surface area contributed by atoms with Crippen LogP contribution in [0.3, 0.4) is 0 Å². The maximum absolute atomic E-state index is 13.6. The van der Waals surface area contributed by atoms with Crippen molar-refractivity contribution >= 4 is 62.4 Å². The summed E-state index contributed by atoms with van der Waals surface area (Å²) in [5.41, 5.74) is -0.767. The number of thioether (sulfide) groups is 1. The van der Waals surface area contributed by atoms with Crippen LogP contribution < -0.4 is 14.9 Å². The van der Waals surface area contributed by atoms with Crippen LogP contribution in [0.1, 0.15) is 36.2 Å². The van der Waals surface area contributed by atoms with Crippen LogP contribution >= 0.6 is 35.3 Å². The SMILES string of the molecule is CCCN(C)CC.O=C(NSc1ccc(NCCSc2ccccc2)c(S(=O)(=O)C(F)(F)F)c1)c1ccc(N2CCN(Cc3ccccc3-c3ccc(Cl)cc3)CC2)cc1. The predicted molar refractivity (Wildman–Crippen MR) is 243 cm³/mol. The van der Waals surface area contributed by atoms with Crippen LogP contribution in [0, 0.1) is 0 Å². The molecule has 15 heteroatoms. The molecule has 0 atom stereocenters. The Hall–Kier alpha value is -4.18. The third kappa shape index (κ3) is 13.4. The van der Waals surface area contributed by atoms with E-state index in [1.165, 1.54) is 54.5 Å². The summed E-state index contributed by atoms with van der Waals surface area (Å²) in [6, 6.07) is 36.5. The summed E-state index contributed by atoms with van der Waals surface area (Å²) in [4.78, 5) is 20.2. The van der Waals surface area contributed by atoms with Gasteiger partial charge in [-0.2, -0.15) is 13.2 Å². The first-order chi connectivity index (χ1) is 28.8. The van der Waals surface area contributed by atoms with Gasteiger partial charge >= 0.3 is 5.51 Å². The molecule has 0 aliphatic carbocycles. The third-order valence-corrected chi connectivity index (χ3v) is 13.4. The fourth-order valence-electron chi connectivity index (χ4n) is 6.43. The average molecular weight is 899 g/mol. The number of piperazine rings is 1. The second kappa shape index (κ2) is 22.6. The minimum Gasteiger partial charge on any atom is -0.383 e. The van der Waals surface area contributed by atoms with Gasteiger partial charge < -0.3 is 15.1 Å². The lowest BCUT2D eigenvalue weighted by molar-refractivity contribution is -0.0435. The Morgan fingerprint density at radius 2 is 1.50 bits per heavy atom. The highest BCUT2D eigenvalue weighted by atomic mass is 35.5. The van der Waals surface area contributed by atoms with Gasteiger partial charge in [0.25, 0.3) is 15.7 Å². The van der Waals surface area contributed by atoms with Crippen LogP contribution in [0.5, 0.6) is 0 Å². The molecule has 1 heterocycles. The smallest absolute Gasteiger partial charge is 0.383 e. The maximum atomic E-state index is 13.6. The molecule has 1 aliphatic heterocycles. The van der Waals surface area contributed by atoms with Gasteiger partial charge in [-0.1, -0.05) is 80.0 Å². The number of rotatable bonds is 16. The van der Waals surface area contributed by atoms with Crippen LogP contribution in [0.15, 0.2) is 136 Å². The van der Waals surface area contributed by atoms with Crippen molar-refractivity contribution in [1.82, 2.24) is 14.5 Å². The number of nitrogens with zero attached hydrogens (tertiary/aromatic N) is 3. The standard InChI is InChI=1S/C39H36ClF3N4O3S3.C6H15N/c40-31-14-10-28(11-15-31)35-9-5-4-6-30(35)27-46-21-23-47(24-22-46)32-16-12-29(13-17-32)38(48)45-52-34-18-19-36(37(26-34)53(49,50)39(41,42)43)44-20-25-51-33-7-2-1-3-8-33;1-4-6-7(3)5-2/h1-19,26,44H,20-25,27H2,(H,45,48);4-6H2,1-3H3. The predicted octanol–water partition coefficient (Wildman–Crippen LogP) is 10.6. The number of carbonyl (C=O) groups is 1. The van der Waals surface area contributed by atoms with Gasteiger partial charge in [-0.3, -0.25) is 14.4 Å². The first-order valence-corrected chi connectivity index (χ1v) is 23.4. The molecule has 0 saturated carbocycles. The van der Waals surface area contributed by atoms with Crippen molar-refractivity contribution in [3.63, 3.8) is 0 Å². The van der Waals surface area contributed by atoms with Crippen molar-refractivity contribution in [3.8, 4) is 11.1 Å². The summed E-state index contributed by atoms with van der Waals surface area (Å²) in [5.74, 6) is 0.0314. The van der Waals surface area contributed by atoms with E-state index < -0.39 is 26.1 Å². The Morgan fingerprint density at radius 3 is 2.13 bits per heavy atom. The highest BCUT2D eigenvalue weighted by Gasteiger charge is 2.48. The molecular formula is C45H51ClF3N5O3S3. The number of amides is 1. The van der Waals surface area contributed by atoms with Crippen molar-refractivity contribution in [2.75, 3.05) is 68.8 Å². The molecule has 1 fully saturated rings. The highest BCUT2D eigenvalue weighted by molar-refractivity contribution is 7.99. The fourth-order valence-corrected chi connectivity index (χ4v) is 9.02. The van der Waals surface area contributed by atoms with Crippen molar-refractivity contribution < 1.29 is 26.4 Å². The lowest BCUT2D eigenvalue weighted by Gasteiger charge is -2.36. The number of hydrogen-bond donors (Lipinski definition) is 2. The van der Waals surface area contributed by atoms with Crippen LogP contribution in [-0.2, 0) is 16.4 Å². The Bertz CT molecular complexity index is 2230. The highest BCUT2D eigenvalue weighted by Crippen LogP contribution is 2.37. The second-order valence-electron chi connectivity index (χ2n) is 14.1. The first-order valence-electron chi connectivity index (χ1n) is 19.7. The topological polar surface area (TPSA) is 85.0 Å². The molecule has 1 saturated heterocycles. The van der Waals surface area contributed by atoms with E-state index in [0.717, 1.165) is 66.9 Å². The van der Waals surface area contributed by atoms with Crippen molar-refractivity contribution in [2.45, 2.75) is 47.0 Å². The lowest BCUT2D eigenvalue weighted by atomic mass is 9.99. The molecule has 5 aromatic carbocycles. The Labute approximate surface area is 365 Å². The second-order valence-corrected chi connectivity index (χ2v) is 18.5.